The lowest BCUT2D eigenvalue weighted by Gasteiger charge is -2.10. The molecule has 1 aromatic rings. The first-order chi connectivity index (χ1) is 8.65. The maximum Gasteiger partial charge on any atom is 0.225 e. The number of anilines is 1. The number of carbonyl (C=O) groups is 1. The van der Waals surface area contributed by atoms with Crippen LogP contribution in [0.3, 0.4) is 0 Å². The number of unbranched alkanes of at least 4 members (excludes halogenated alkanes) is 1. The second-order valence-corrected chi connectivity index (χ2v) is 4.65. The summed E-state index contributed by atoms with van der Waals surface area (Å²) in [5, 5.41) is 6.23. The monoisotopic (exact) mass is 248 g/mol. The average Bonchev–Trinajstić information content (AvgIpc) is 2.35. The van der Waals surface area contributed by atoms with Crippen LogP contribution in [0.15, 0.2) is 18.2 Å². The van der Waals surface area contributed by atoms with Crippen LogP contribution in [0.5, 0.6) is 0 Å². The topological polar surface area (TPSA) is 41.1 Å². The molecule has 0 aliphatic carbocycles. The van der Waals surface area contributed by atoms with Gasteiger partial charge in [0.15, 0.2) is 0 Å². The molecule has 0 spiro atoms. The van der Waals surface area contributed by atoms with E-state index in [-0.39, 0.29) is 5.91 Å². The van der Waals surface area contributed by atoms with E-state index >= 15 is 0 Å². The second-order valence-electron chi connectivity index (χ2n) is 4.65. The lowest BCUT2D eigenvalue weighted by molar-refractivity contribution is -0.116. The Bertz CT molecular complexity index is 388. The lowest BCUT2D eigenvalue weighted by atomic mass is 10.1. The van der Waals surface area contributed by atoms with Gasteiger partial charge in [-0.2, -0.15) is 0 Å². The third-order valence-electron chi connectivity index (χ3n) is 3.11. The van der Waals surface area contributed by atoms with Gasteiger partial charge in [-0.25, -0.2) is 0 Å². The molecule has 100 valence electrons. The third-order valence-corrected chi connectivity index (χ3v) is 3.11. The minimum Gasteiger partial charge on any atom is -0.326 e. The van der Waals surface area contributed by atoms with Crippen molar-refractivity contribution in [1.29, 1.82) is 0 Å². The molecule has 0 bridgehead atoms. The van der Waals surface area contributed by atoms with E-state index in [0.29, 0.717) is 6.42 Å². The highest BCUT2D eigenvalue weighted by molar-refractivity contribution is 5.91. The molecule has 0 saturated heterocycles. The van der Waals surface area contributed by atoms with Crippen LogP contribution >= 0.6 is 0 Å². The van der Waals surface area contributed by atoms with Gasteiger partial charge in [-0.3, -0.25) is 4.79 Å². The molecule has 0 radical (unpaired) electrons. The van der Waals surface area contributed by atoms with Gasteiger partial charge in [-0.05, 0) is 44.0 Å². The SMILES string of the molecule is CCCCNCCC(=O)Nc1cccc(C)c1C. The molecule has 18 heavy (non-hydrogen) atoms. The standard InChI is InChI=1S/C15H24N2O/c1-4-5-10-16-11-9-15(18)17-14-8-6-7-12(2)13(14)3/h6-8,16H,4-5,9-11H2,1-3H3,(H,17,18). The number of amides is 1. The zero-order chi connectivity index (χ0) is 13.4. The molecule has 3 heteroatoms. The molecule has 0 aliphatic heterocycles. The summed E-state index contributed by atoms with van der Waals surface area (Å²) in [5.41, 5.74) is 3.27. The summed E-state index contributed by atoms with van der Waals surface area (Å²) < 4.78 is 0. The number of hydrogen-bond acceptors (Lipinski definition) is 2. The molecule has 3 nitrogen and oxygen atoms in total. The smallest absolute Gasteiger partial charge is 0.225 e. The first-order valence-corrected chi connectivity index (χ1v) is 6.72. The first-order valence-electron chi connectivity index (χ1n) is 6.72. The molecular formula is C15H24N2O. The Balaban J connectivity index is 2.34. The molecule has 0 fully saturated rings. The van der Waals surface area contributed by atoms with E-state index < -0.39 is 0 Å². The zero-order valence-electron chi connectivity index (χ0n) is 11.7. The fourth-order valence-electron chi connectivity index (χ4n) is 1.73. The minimum atomic E-state index is 0.0766. The molecule has 0 heterocycles. The minimum absolute atomic E-state index is 0.0766. The summed E-state index contributed by atoms with van der Waals surface area (Å²) in [6.45, 7) is 7.99. The molecular weight excluding hydrogens is 224 g/mol. The van der Waals surface area contributed by atoms with Gasteiger partial charge < -0.3 is 10.6 Å². The molecule has 1 rings (SSSR count). The van der Waals surface area contributed by atoms with Crippen molar-refractivity contribution in [2.24, 2.45) is 0 Å². The van der Waals surface area contributed by atoms with Gasteiger partial charge in [0.05, 0.1) is 0 Å². The average molecular weight is 248 g/mol. The largest absolute Gasteiger partial charge is 0.326 e. The Morgan fingerprint density at radius 2 is 2.00 bits per heavy atom. The van der Waals surface area contributed by atoms with E-state index in [4.69, 9.17) is 0 Å². The van der Waals surface area contributed by atoms with Crippen molar-refractivity contribution < 1.29 is 4.79 Å². The quantitative estimate of drug-likeness (QED) is 0.728. The summed E-state index contributed by atoms with van der Waals surface area (Å²) in [7, 11) is 0. The Hall–Kier alpha value is -1.35. The highest BCUT2D eigenvalue weighted by atomic mass is 16.1. The molecule has 0 unspecified atom stereocenters. The number of benzene rings is 1. The van der Waals surface area contributed by atoms with Crippen molar-refractivity contribution in [2.45, 2.75) is 40.0 Å². The van der Waals surface area contributed by atoms with Gasteiger partial charge in [-0.1, -0.05) is 25.5 Å². The number of hydrogen-bond donors (Lipinski definition) is 2. The van der Waals surface area contributed by atoms with E-state index in [2.05, 4.69) is 30.5 Å². The number of aryl methyl sites for hydroxylation is 1. The maximum absolute atomic E-state index is 11.8. The highest BCUT2D eigenvalue weighted by Gasteiger charge is 2.05. The van der Waals surface area contributed by atoms with Crippen molar-refractivity contribution in [3.63, 3.8) is 0 Å². The fourth-order valence-corrected chi connectivity index (χ4v) is 1.73. The molecule has 1 amide bonds. The van der Waals surface area contributed by atoms with Gasteiger partial charge >= 0.3 is 0 Å². The van der Waals surface area contributed by atoms with Gasteiger partial charge in [-0.15, -0.1) is 0 Å². The van der Waals surface area contributed by atoms with Crippen molar-refractivity contribution in [3.8, 4) is 0 Å². The Morgan fingerprint density at radius 3 is 2.72 bits per heavy atom. The lowest BCUT2D eigenvalue weighted by Crippen LogP contribution is -2.22. The Labute approximate surface area is 110 Å². The zero-order valence-corrected chi connectivity index (χ0v) is 11.7. The van der Waals surface area contributed by atoms with E-state index in [1.54, 1.807) is 0 Å². The highest BCUT2D eigenvalue weighted by Crippen LogP contribution is 2.17. The summed E-state index contributed by atoms with van der Waals surface area (Å²) in [5.74, 6) is 0.0766. The molecule has 0 atom stereocenters. The Kier molecular flexibility index (Phi) is 6.44. The molecule has 0 saturated carbocycles. The second kappa shape index (κ2) is 7.88. The van der Waals surface area contributed by atoms with E-state index in [0.717, 1.165) is 24.3 Å². The van der Waals surface area contributed by atoms with E-state index in [1.807, 2.05) is 19.1 Å². The summed E-state index contributed by atoms with van der Waals surface area (Å²) in [6.07, 6.45) is 2.87. The third kappa shape index (κ3) is 4.88. The van der Waals surface area contributed by atoms with E-state index in [1.165, 1.54) is 18.4 Å². The van der Waals surface area contributed by atoms with Crippen molar-refractivity contribution in [3.05, 3.63) is 29.3 Å². The van der Waals surface area contributed by atoms with E-state index in [9.17, 15) is 4.79 Å². The van der Waals surface area contributed by atoms with Crippen LogP contribution in [-0.4, -0.2) is 19.0 Å². The van der Waals surface area contributed by atoms with Crippen molar-refractivity contribution in [2.75, 3.05) is 18.4 Å². The predicted octanol–water partition coefficient (Wildman–Crippen LogP) is 3.02. The summed E-state index contributed by atoms with van der Waals surface area (Å²) >= 11 is 0. The van der Waals surface area contributed by atoms with Crippen LogP contribution in [0.4, 0.5) is 5.69 Å². The number of nitrogens with one attached hydrogen (secondary N) is 2. The van der Waals surface area contributed by atoms with Gasteiger partial charge in [0.1, 0.15) is 0 Å². The Morgan fingerprint density at radius 1 is 1.22 bits per heavy atom. The summed E-state index contributed by atoms with van der Waals surface area (Å²) in [4.78, 5) is 11.8. The van der Waals surface area contributed by atoms with Crippen LogP contribution in [0.1, 0.15) is 37.3 Å². The van der Waals surface area contributed by atoms with Crippen LogP contribution in [0, 0.1) is 13.8 Å². The van der Waals surface area contributed by atoms with Crippen LogP contribution in [-0.2, 0) is 4.79 Å². The van der Waals surface area contributed by atoms with Crippen LogP contribution in [0.2, 0.25) is 0 Å². The molecule has 0 aliphatic rings. The van der Waals surface area contributed by atoms with Gasteiger partial charge in [0.2, 0.25) is 5.91 Å². The normalized spacial score (nSPS) is 10.4. The molecule has 1 aromatic carbocycles. The van der Waals surface area contributed by atoms with Crippen molar-refractivity contribution >= 4 is 11.6 Å². The van der Waals surface area contributed by atoms with Crippen molar-refractivity contribution in [1.82, 2.24) is 5.32 Å². The maximum atomic E-state index is 11.8. The van der Waals surface area contributed by atoms with Gasteiger partial charge in [0.25, 0.3) is 0 Å². The molecule has 0 aromatic heterocycles. The molecule has 2 N–H and O–H groups in total. The van der Waals surface area contributed by atoms with Gasteiger partial charge in [0, 0.05) is 18.7 Å². The number of carbonyl (C=O) groups excluding carboxylic acids is 1. The van der Waals surface area contributed by atoms with Crippen LogP contribution in [0.25, 0.3) is 0 Å². The van der Waals surface area contributed by atoms with Crippen LogP contribution < -0.4 is 10.6 Å². The summed E-state index contributed by atoms with van der Waals surface area (Å²) in [6, 6.07) is 5.97. The number of rotatable bonds is 7. The predicted molar refractivity (Wildman–Crippen MR) is 76.9 cm³/mol. The fraction of sp³-hybridized carbons (Fsp3) is 0.533. The first kappa shape index (κ1) is 14.7.